The van der Waals surface area contributed by atoms with Crippen molar-refractivity contribution < 1.29 is 22.7 Å². The van der Waals surface area contributed by atoms with E-state index in [1.54, 1.807) is 25.3 Å². The number of nitrogens with one attached hydrogen (secondary N) is 1. The molecule has 1 amide bonds. The quantitative estimate of drug-likeness (QED) is 0.696. The molecule has 26 heavy (non-hydrogen) atoms. The number of aromatic nitrogens is 3. The number of aromatic amines is 1. The van der Waals surface area contributed by atoms with Gasteiger partial charge in [-0.2, -0.15) is 0 Å². The van der Waals surface area contributed by atoms with Crippen molar-refractivity contribution in [2.24, 2.45) is 5.73 Å². The summed E-state index contributed by atoms with van der Waals surface area (Å²) in [5, 5.41) is 0.688. The molecule has 0 saturated carbocycles. The molecule has 3 aromatic heterocycles. The lowest BCUT2D eigenvalue weighted by atomic mass is 10.1. The summed E-state index contributed by atoms with van der Waals surface area (Å²) in [6, 6.07) is 4.55. The first kappa shape index (κ1) is 17.5. The van der Waals surface area contributed by atoms with Crippen molar-refractivity contribution in [1.29, 1.82) is 0 Å². The molecule has 3 aromatic rings. The summed E-state index contributed by atoms with van der Waals surface area (Å²) in [5.74, 6) is -1.14. The van der Waals surface area contributed by atoms with E-state index in [4.69, 9.17) is 5.73 Å². The monoisotopic (exact) mass is 362 g/mol. The molecule has 0 bridgehead atoms. The van der Waals surface area contributed by atoms with Crippen LogP contribution in [0.2, 0.25) is 0 Å². The van der Waals surface area contributed by atoms with Gasteiger partial charge in [0.25, 0.3) is 0 Å². The standard InChI is InChI=1S/C17H13F3N4O2/c1-9-4-11(6-15(24-9)26-17(18,19)20)12-5-13-10(2-3-14(21)25)7-22-16(13)23-8-12/h2-8H,1H3,(H2,21,25)(H,22,23)/b3-2+. The van der Waals surface area contributed by atoms with Crippen molar-refractivity contribution in [1.82, 2.24) is 15.0 Å². The number of nitrogens with zero attached hydrogens (tertiary/aromatic N) is 2. The Labute approximate surface area is 145 Å². The lowest BCUT2D eigenvalue weighted by molar-refractivity contribution is -0.276. The van der Waals surface area contributed by atoms with E-state index in [2.05, 4.69) is 19.7 Å². The van der Waals surface area contributed by atoms with Gasteiger partial charge in [0.15, 0.2) is 0 Å². The molecule has 0 aliphatic carbocycles. The fourth-order valence-electron chi connectivity index (χ4n) is 2.47. The largest absolute Gasteiger partial charge is 0.574 e. The average Bonchev–Trinajstić information content (AvgIpc) is 2.92. The molecule has 0 radical (unpaired) electrons. The molecule has 0 unspecified atom stereocenters. The number of amides is 1. The number of fused-ring (bicyclic) bond motifs is 1. The number of hydrogen-bond donors (Lipinski definition) is 2. The zero-order valence-electron chi connectivity index (χ0n) is 13.5. The Morgan fingerprint density at radius 3 is 2.73 bits per heavy atom. The predicted molar refractivity (Wildman–Crippen MR) is 89.0 cm³/mol. The highest BCUT2D eigenvalue weighted by Gasteiger charge is 2.32. The van der Waals surface area contributed by atoms with Gasteiger partial charge in [0.1, 0.15) is 5.65 Å². The molecule has 0 atom stereocenters. The van der Waals surface area contributed by atoms with E-state index in [-0.39, 0.29) is 0 Å². The van der Waals surface area contributed by atoms with Crippen LogP contribution in [0.5, 0.6) is 5.88 Å². The first-order valence-electron chi connectivity index (χ1n) is 7.41. The van der Waals surface area contributed by atoms with Gasteiger partial charge in [0.05, 0.1) is 0 Å². The highest BCUT2D eigenvalue weighted by molar-refractivity contribution is 5.95. The second kappa shape index (κ2) is 6.51. The van der Waals surface area contributed by atoms with Gasteiger partial charge in [-0.25, -0.2) is 9.97 Å². The van der Waals surface area contributed by atoms with E-state index in [0.717, 1.165) is 0 Å². The van der Waals surface area contributed by atoms with Crippen LogP contribution in [0.15, 0.2) is 36.7 Å². The first-order valence-corrected chi connectivity index (χ1v) is 7.41. The van der Waals surface area contributed by atoms with Gasteiger partial charge in [-0.15, -0.1) is 13.2 Å². The molecule has 6 nitrogen and oxygen atoms in total. The maximum atomic E-state index is 12.5. The Balaban J connectivity index is 2.05. The minimum Gasteiger partial charge on any atom is -0.388 e. The molecule has 0 fully saturated rings. The predicted octanol–water partition coefficient (Wildman–Crippen LogP) is 3.33. The average molecular weight is 362 g/mol. The number of ether oxygens (including phenoxy) is 1. The van der Waals surface area contributed by atoms with E-state index < -0.39 is 18.1 Å². The van der Waals surface area contributed by atoms with Crippen LogP contribution in [0, 0.1) is 6.92 Å². The molecule has 9 heteroatoms. The maximum absolute atomic E-state index is 12.5. The van der Waals surface area contributed by atoms with Gasteiger partial charge in [0, 0.05) is 46.7 Å². The van der Waals surface area contributed by atoms with Gasteiger partial charge < -0.3 is 15.5 Å². The van der Waals surface area contributed by atoms with E-state index in [1.165, 1.54) is 24.4 Å². The van der Waals surface area contributed by atoms with Crippen molar-refractivity contribution in [3.05, 3.63) is 47.9 Å². The van der Waals surface area contributed by atoms with E-state index in [0.29, 0.717) is 33.4 Å². The second-order valence-electron chi connectivity index (χ2n) is 5.48. The third-order valence-corrected chi connectivity index (χ3v) is 3.47. The number of H-pyrrole nitrogens is 1. The Morgan fingerprint density at radius 1 is 1.27 bits per heavy atom. The van der Waals surface area contributed by atoms with E-state index in [1.807, 2.05) is 0 Å². The van der Waals surface area contributed by atoms with Gasteiger partial charge in [-0.1, -0.05) is 0 Å². The number of nitrogens with two attached hydrogens (primary N) is 1. The smallest absolute Gasteiger partial charge is 0.388 e. The Hall–Kier alpha value is -3.36. The van der Waals surface area contributed by atoms with Crippen molar-refractivity contribution in [3.8, 4) is 17.0 Å². The Bertz CT molecular complexity index is 1010. The minimum absolute atomic E-state index is 0.366. The topological polar surface area (TPSA) is 93.9 Å². The maximum Gasteiger partial charge on any atom is 0.574 e. The van der Waals surface area contributed by atoms with Crippen LogP contribution in [0.3, 0.4) is 0 Å². The lowest BCUT2D eigenvalue weighted by Crippen LogP contribution is -2.18. The van der Waals surface area contributed by atoms with E-state index in [9.17, 15) is 18.0 Å². The van der Waals surface area contributed by atoms with Crippen LogP contribution in [-0.4, -0.2) is 27.2 Å². The molecule has 0 spiro atoms. The summed E-state index contributed by atoms with van der Waals surface area (Å²) in [6.45, 7) is 1.57. The summed E-state index contributed by atoms with van der Waals surface area (Å²) in [7, 11) is 0. The summed E-state index contributed by atoms with van der Waals surface area (Å²) in [6.07, 6.45) is 1.08. The molecule has 0 aliphatic heterocycles. The summed E-state index contributed by atoms with van der Waals surface area (Å²) < 4.78 is 41.3. The number of halogens is 3. The molecular formula is C17H13F3N4O2. The number of pyridine rings is 2. The first-order chi connectivity index (χ1) is 12.2. The van der Waals surface area contributed by atoms with Crippen LogP contribution in [-0.2, 0) is 4.79 Å². The minimum atomic E-state index is -4.83. The molecule has 3 N–H and O–H groups in total. The SMILES string of the molecule is Cc1cc(-c2cnc3[nH]cc(/C=C/C(N)=O)c3c2)cc(OC(F)(F)F)n1. The highest BCUT2D eigenvalue weighted by Crippen LogP contribution is 2.29. The number of aryl methyl sites for hydroxylation is 1. The summed E-state index contributed by atoms with van der Waals surface area (Å²) in [5.41, 5.74) is 7.74. The molecule has 0 saturated heterocycles. The van der Waals surface area contributed by atoms with Gasteiger partial charge in [-0.05, 0) is 30.7 Å². The number of carbonyl (C=O) groups is 1. The molecule has 0 aliphatic rings. The van der Waals surface area contributed by atoms with Gasteiger partial charge in [0.2, 0.25) is 11.8 Å². The number of carbonyl (C=O) groups excluding carboxylic acids is 1. The number of primary amides is 1. The van der Waals surface area contributed by atoms with Gasteiger partial charge >= 0.3 is 6.36 Å². The third-order valence-electron chi connectivity index (χ3n) is 3.47. The third kappa shape index (κ3) is 4.00. The summed E-state index contributed by atoms with van der Waals surface area (Å²) in [4.78, 5) is 21.8. The van der Waals surface area contributed by atoms with Crippen LogP contribution in [0.1, 0.15) is 11.3 Å². The molecular weight excluding hydrogens is 349 g/mol. The second-order valence-corrected chi connectivity index (χ2v) is 5.48. The molecule has 134 valence electrons. The Kier molecular flexibility index (Phi) is 4.37. The highest BCUT2D eigenvalue weighted by atomic mass is 19.4. The van der Waals surface area contributed by atoms with Crippen LogP contribution in [0.25, 0.3) is 28.2 Å². The number of alkyl halides is 3. The van der Waals surface area contributed by atoms with Crippen molar-refractivity contribution in [2.75, 3.05) is 0 Å². The fourth-order valence-corrected chi connectivity index (χ4v) is 2.47. The normalized spacial score (nSPS) is 12.0. The van der Waals surface area contributed by atoms with Crippen LogP contribution in [0.4, 0.5) is 13.2 Å². The fraction of sp³-hybridized carbons (Fsp3) is 0.118. The number of hydrogen-bond acceptors (Lipinski definition) is 4. The molecule has 3 heterocycles. The molecule has 3 rings (SSSR count). The summed E-state index contributed by atoms with van der Waals surface area (Å²) >= 11 is 0. The van der Waals surface area contributed by atoms with E-state index >= 15 is 0 Å². The zero-order chi connectivity index (χ0) is 18.9. The van der Waals surface area contributed by atoms with Crippen molar-refractivity contribution in [3.63, 3.8) is 0 Å². The van der Waals surface area contributed by atoms with Gasteiger partial charge in [-0.3, -0.25) is 4.79 Å². The zero-order valence-corrected chi connectivity index (χ0v) is 13.5. The van der Waals surface area contributed by atoms with Crippen molar-refractivity contribution >= 4 is 23.0 Å². The molecule has 0 aromatic carbocycles. The lowest BCUT2D eigenvalue weighted by Gasteiger charge is -2.10. The van der Waals surface area contributed by atoms with Crippen LogP contribution >= 0.6 is 0 Å². The van der Waals surface area contributed by atoms with Crippen LogP contribution < -0.4 is 10.5 Å². The van der Waals surface area contributed by atoms with Crippen molar-refractivity contribution in [2.45, 2.75) is 13.3 Å². The number of rotatable bonds is 4. The Morgan fingerprint density at radius 2 is 2.04 bits per heavy atom.